The Balaban J connectivity index is 2.11. The Morgan fingerprint density at radius 2 is 1.81 bits per heavy atom. The van der Waals surface area contributed by atoms with Gasteiger partial charge in [-0.3, -0.25) is 0 Å². The molecule has 1 aliphatic rings. The van der Waals surface area contributed by atoms with Gasteiger partial charge in [-0.1, -0.05) is 6.07 Å². The zero-order valence-electron chi connectivity index (χ0n) is 10.1. The molecule has 1 unspecified atom stereocenters. The van der Waals surface area contributed by atoms with E-state index in [4.69, 9.17) is 4.74 Å². The third-order valence-electron chi connectivity index (χ3n) is 3.32. The Morgan fingerprint density at radius 3 is 2.50 bits per heavy atom. The molecule has 0 fully saturated rings. The first-order chi connectivity index (χ1) is 7.66. The van der Waals surface area contributed by atoms with Crippen LogP contribution in [0, 0.1) is 0 Å². The molecule has 0 amide bonds. The van der Waals surface area contributed by atoms with E-state index in [2.05, 4.69) is 12.1 Å². The van der Waals surface area contributed by atoms with Gasteiger partial charge in [0.05, 0.1) is 6.10 Å². The Morgan fingerprint density at radius 1 is 1.12 bits per heavy atom. The maximum Gasteiger partial charge on any atom is 0.121 e. The second-order valence-corrected chi connectivity index (χ2v) is 4.70. The monoisotopic (exact) mass is 220 g/mol. The predicted octanol–water partition coefficient (Wildman–Crippen LogP) is 2.71. The van der Waals surface area contributed by atoms with Crippen LogP contribution in [0.4, 0.5) is 0 Å². The minimum atomic E-state index is -0.434. The molecule has 88 valence electrons. The molecule has 0 radical (unpaired) electrons. The van der Waals surface area contributed by atoms with Gasteiger partial charge in [0.25, 0.3) is 0 Å². The van der Waals surface area contributed by atoms with E-state index in [0.717, 1.165) is 12.2 Å². The van der Waals surface area contributed by atoms with Gasteiger partial charge in [0.15, 0.2) is 0 Å². The van der Waals surface area contributed by atoms with Gasteiger partial charge in [-0.05, 0) is 62.8 Å². The van der Waals surface area contributed by atoms with Crippen molar-refractivity contribution in [3.05, 3.63) is 29.3 Å². The average Bonchev–Trinajstić information content (AvgIpc) is 2.28. The normalized spacial score (nSPS) is 18.7. The second kappa shape index (κ2) is 4.88. The molecular formula is C14H20O2. The van der Waals surface area contributed by atoms with Crippen LogP contribution in [0.1, 0.15) is 37.8 Å². The van der Waals surface area contributed by atoms with Crippen molar-refractivity contribution in [3.63, 3.8) is 0 Å². The number of aliphatic hydroxyl groups is 1. The van der Waals surface area contributed by atoms with Crippen molar-refractivity contribution in [2.75, 3.05) is 0 Å². The highest BCUT2D eigenvalue weighted by Crippen LogP contribution is 2.26. The quantitative estimate of drug-likeness (QED) is 0.848. The van der Waals surface area contributed by atoms with Crippen molar-refractivity contribution in [2.24, 2.45) is 0 Å². The van der Waals surface area contributed by atoms with Gasteiger partial charge in [-0.25, -0.2) is 0 Å². The van der Waals surface area contributed by atoms with Crippen LogP contribution in [-0.2, 0) is 12.8 Å². The number of ether oxygens (including phenoxy) is 1. The summed E-state index contributed by atoms with van der Waals surface area (Å²) in [5.74, 6) is 0.883. The summed E-state index contributed by atoms with van der Waals surface area (Å²) in [4.78, 5) is 0. The third-order valence-corrected chi connectivity index (χ3v) is 3.32. The van der Waals surface area contributed by atoms with Gasteiger partial charge >= 0.3 is 0 Å². The highest BCUT2D eigenvalue weighted by molar-refractivity contribution is 5.37. The van der Waals surface area contributed by atoms with Gasteiger partial charge in [0.1, 0.15) is 11.9 Å². The molecule has 0 heterocycles. The zero-order valence-corrected chi connectivity index (χ0v) is 10.1. The fourth-order valence-corrected chi connectivity index (χ4v) is 2.10. The van der Waals surface area contributed by atoms with Gasteiger partial charge in [-0.2, -0.15) is 0 Å². The van der Waals surface area contributed by atoms with E-state index in [1.54, 1.807) is 6.92 Å². The van der Waals surface area contributed by atoms with Crippen molar-refractivity contribution >= 4 is 0 Å². The summed E-state index contributed by atoms with van der Waals surface area (Å²) >= 11 is 0. The van der Waals surface area contributed by atoms with Gasteiger partial charge in [0, 0.05) is 0 Å². The maximum atomic E-state index is 9.40. The fourth-order valence-electron chi connectivity index (χ4n) is 2.10. The summed E-state index contributed by atoms with van der Waals surface area (Å²) in [5, 5.41) is 9.40. The fraction of sp³-hybridized carbons (Fsp3) is 0.571. The van der Waals surface area contributed by atoms with Gasteiger partial charge < -0.3 is 9.84 Å². The van der Waals surface area contributed by atoms with E-state index in [1.807, 2.05) is 13.0 Å². The topological polar surface area (TPSA) is 29.5 Å². The first-order valence-corrected chi connectivity index (χ1v) is 6.13. The lowest BCUT2D eigenvalue weighted by Gasteiger charge is -2.20. The molecule has 1 aromatic carbocycles. The Bertz CT molecular complexity index is 358. The van der Waals surface area contributed by atoms with Crippen molar-refractivity contribution in [2.45, 2.75) is 51.7 Å². The number of rotatable bonds is 3. The van der Waals surface area contributed by atoms with E-state index in [-0.39, 0.29) is 6.10 Å². The zero-order chi connectivity index (χ0) is 11.5. The molecule has 1 N–H and O–H groups in total. The molecule has 1 aliphatic carbocycles. The molecule has 0 bridgehead atoms. The molecule has 0 saturated heterocycles. The summed E-state index contributed by atoms with van der Waals surface area (Å²) in [5.41, 5.74) is 2.88. The molecule has 2 heteroatoms. The molecular weight excluding hydrogens is 200 g/mol. The maximum absolute atomic E-state index is 9.40. The third kappa shape index (κ3) is 2.56. The molecule has 0 saturated carbocycles. The second-order valence-electron chi connectivity index (χ2n) is 4.70. The summed E-state index contributed by atoms with van der Waals surface area (Å²) < 4.78 is 5.69. The number of hydrogen-bond donors (Lipinski definition) is 1. The molecule has 2 atom stereocenters. The molecule has 0 aromatic heterocycles. The van der Waals surface area contributed by atoms with Crippen LogP contribution in [0.25, 0.3) is 0 Å². The largest absolute Gasteiger partial charge is 0.488 e. The molecule has 2 nitrogen and oxygen atoms in total. The lowest BCUT2D eigenvalue weighted by atomic mass is 9.92. The minimum absolute atomic E-state index is 0.151. The SMILES string of the molecule is CC(Oc1ccc2c(c1)CCCC2)[C@H](C)O. The van der Waals surface area contributed by atoms with Crippen LogP contribution < -0.4 is 4.74 Å². The molecule has 1 aromatic rings. The van der Waals surface area contributed by atoms with E-state index < -0.39 is 6.10 Å². The van der Waals surface area contributed by atoms with Crippen molar-refractivity contribution in [1.82, 2.24) is 0 Å². The van der Waals surface area contributed by atoms with Crippen LogP contribution >= 0.6 is 0 Å². The highest BCUT2D eigenvalue weighted by atomic mass is 16.5. The first-order valence-electron chi connectivity index (χ1n) is 6.13. The van der Waals surface area contributed by atoms with Crippen molar-refractivity contribution in [1.29, 1.82) is 0 Å². The van der Waals surface area contributed by atoms with E-state index >= 15 is 0 Å². The molecule has 0 aliphatic heterocycles. The van der Waals surface area contributed by atoms with Crippen LogP contribution in [0.15, 0.2) is 18.2 Å². The number of fused-ring (bicyclic) bond motifs is 1. The Kier molecular flexibility index (Phi) is 3.49. The van der Waals surface area contributed by atoms with Crippen molar-refractivity contribution < 1.29 is 9.84 Å². The predicted molar refractivity (Wildman–Crippen MR) is 64.9 cm³/mol. The number of hydrogen-bond acceptors (Lipinski definition) is 2. The number of benzene rings is 1. The molecule has 16 heavy (non-hydrogen) atoms. The van der Waals surface area contributed by atoms with Crippen LogP contribution in [-0.4, -0.2) is 17.3 Å². The Labute approximate surface area is 97.3 Å². The summed E-state index contributed by atoms with van der Waals surface area (Å²) in [6, 6.07) is 6.31. The average molecular weight is 220 g/mol. The van der Waals surface area contributed by atoms with Crippen LogP contribution in [0.5, 0.6) is 5.75 Å². The summed E-state index contributed by atoms with van der Waals surface area (Å²) in [6.45, 7) is 3.65. The van der Waals surface area contributed by atoms with Gasteiger partial charge in [0.2, 0.25) is 0 Å². The Hall–Kier alpha value is -1.02. The first kappa shape index (κ1) is 11.5. The number of aliphatic hydroxyl groups excluding tert-OH is 1. The van der Waals surface area contributed by atoms with Gasteiger partial charge in [-0.15, -0.1) is 0 Å². The van der Waals surface area contributed by atoms with E-state index in [0.29, 0.717) is 0 Å². The summed E-state index contributed by atoms with van der Waals surface area (Å²) in [7, 11) is 0. The highest BCUT2D eigenvalue weighted by Gasteiger charge is 2.13. The minimum Gasteiger partial charge on any atom is -0.488 e. The summed E-state index contributed by atoms with van der Waals surface area (Å²) in [6.07, 6.45) is 4.36. The smallest absolute Gasteiger partial charge is 0.121 e. The number of aryl methyl sites for hydroxylation is 2. The lowest BCUT2D eigenvalue weighted by molar-refractivity contribution is 0.0604. The van der Waals surface area contributed by atoms with Crippen molar-refractivity contribution in [3.8, 4) is 5.75 Å². The van der Waals surface area contributed by atoms with Crippen LogP contribution in [0.3, 0.4) is 0 Å². The molecule has 2 rings (SSSR count). The van der Waals surface area contributed by atoms with E-state index in [9.17, 15) is 5.11 Å². The standard InChI is InChI=1S/C14H20O2/c1-10(15)11(2)16-14-8-7-12-5-3-4-6-13(12)9-14/h7-11,15H,3-6H2,1-2H3/t10-,11?/m0/s1. The van der Waals surface area contributed by atoms with Crippen LogP contribution in [0.2, 0.25) is 0 Å². The lowest BCUT2D eigenvalue weighted by Crippen LogP contribution is -2.25. The molecule has 0 spiro atoms. The van der Waals surface area contributed by atoms with E-state index in [1.165, 1.54) is 30.4 Å².